The maximum Gasteiger partial charge on any atom is 0.407 e. The summed E-state index contributed by atoms with van der Waals surface area (Å²) in [5.41, 5.74) is 0.587. The lowest BCUT2D eigenvalue weighted by Crippen LogP contribution is -2.40. The Labute approximate surface area is 158 Å². The molecule has 0 saturated carbocycles. The first-order chi connectivity index (χ1) is 11.3. The summed E-state index contributed by atoms with van der Waals surface area (Å²) in [4.78, 5) is 12.1. The number of halogens is 1. The molecule has 0 aliphatic carbocycles. The van der Waals surface area contributed by atoms with Gasteiger partial charge in [0.05, 0.1) is 14.2 Å². The second kappa shape index (κ2) is 9.96. The van der Waals surface area contributed by atoms with Crippen LogP contribution < -0.4 is 14.8 Å². The molecule has 0 radical (unpaired) electrons. The van der Waals surface area contributed by atoms with Gasteiger partial charge >= 0.3 is 6.09 Å². The molecule has 136 valence electrons. The minimum absolute atomic E-state index is 0.0210. The molecule has 1 aromatic rings. The number of ether oxygens (including phenoxy) is 3. The van der Waals surface area contributed by atoms with E-state index in [1.165, 1.54) is 0 Å². The summed E-state index contributed by atoms with van der Waals surface area (Å²) in [6, 6.07) is 5.85. The molecule has 0 aromatic heterocycles. The van der Waals surface area contributed by atoms with Crippen LogP contribution in [0.2, 0.25) is 0 Å². The number of benzene rings is 1. The lowest BCUT2D eigenvalue weighted by molar-refractivity contribution is 0.0501. The fourth-order valence-electron chi connectivity index (χ4n) is 2.32. The largest absolute Gasteiger partial charge is 0.493 e. The van der Waals surface area contributed by atoms with Crippen molar-refractivity contribution in [1.29, 1.82) is 0 Å². The van der Waals surface area contributed by atoms with E-state index in [0.717, 1.165) is 29.3 Å². The van der Waals surface area contributed by atoms with Gasteiger partial charge in [0.1, 0.15) is 5.60 Å². The molecule has 0 aliphatic heterocycles. The molecule has 1 aromatic carbocycles. The lowest BCUT2D eigenvalue weighted by Gasteiger charge is -2.24. The maximum absolute atomic E-state index is 12.1. The number of alkyl carbamates (subject to hydrolysis) is 1. The number of carbonyl (C=O) groups is 1. The molecule has 1 rings (SSSR count). The molecule has 5 nitrogen and oxygen atoms in total. The molecule has 0 heterocycles. The average molecular weight is 449 g/mol. The van der Waals surface area contributed by atoms with Gasteiger partial charge in [-0.15, -0.1) is 0 Å². The second-order valence-electron chi connectivity index (χ2n) is 6.57. The van der Waals surface area contributed by atoms with Gasteiger partial charge < -0.3 is 19.5 Å². The van der Waals surface area contributed by atoms with E-state index < -0.39 is 5.60 Å². The molecule has 1 unspecified atom stereocenters. The molecule has 0 bridgehead atoms. The van der Waals surface area contributed by atoms with Crippen molar-refractivity contribution in [2.75, 3.05) is 18.6 Å². The Morgan fingerprint density at radius 1 is 1.21 bits per heavy atom. The molecule has 0 spiro atoms. The van der Waals surface area contributed by atoms with E-state index in [2.05, 4.69) is 27.9 Å². The summed E-state index contributed by atoms with van der Waals surface area (Å²) >= 11 is 2.35. The van der Waals surface area contributed by atoms with E-state index in [4.69, 9.17) is 14.2 Å². The smallest absolute Gasteiger partial charge is 0.407 e. The summed E-state index contributed by atoms with van der Waals surface area (Å²) in [6.07, 6.45) is 2.28. The number of methoxy groups -OCH3 is 2. The van der Waals surface area contributed by atoms with Crippen molar-refractivity contribution in [2.45, 2.75) is 51.7 Å². The zero-order valence-electron chi connectivity index (χ0n) is 15.1. The van der Waals surface area contributed by atoms with Gasteiger partial charge in [0.2, 0.25) is 0 Å². The van der Waals surface area contributed by atoms with Crippen LogP contribution in [0.3, 0.4) is 0 Å². The highest BCUT2D eigenvalue weighted by atomic mass is 127. The summed E-state index contributed by atoms with van der Waals surface area (Å²) in [6.45, 7) is 5.59. The monoisotopic (exact) mass is 449 g/mol. The molecule has 6 heteroatoms. The van der Waals surface area contributed by atoms with Crippen LogP contribution in [0, 0.1) is 0 Å². The van der Waals surface area contributed by atoms with Gasteiger partial charge in [-0.05, 0) is 62.2 Å². The maximum atomic E-state index is 12.1. The Balaban J connectivity index is 2.80. The van der Waals surface area contributed by atoms with Gasteiger partial charge in [-0.25, -0.2) is 4.79 Å². The van der Waals surface area contributed by atoms with E-state index in [1.807, 2.05) is 39.0 Å². The number of rotatable bonds is 8. The highest BCUT2D eigenvalue weighted by molar-refractivity contribution is 14.1. The summed E-state index contributed by atoms with van der Waals surface area (Å²) in [7, 11) is 3.24. The first-order valence-electron chi connectivity index (χ1n) is 8.05. The van der Waals surface area contributed by atoms with Crippen LogP contribution in [0.15, 0.2) is 18.2 Å². The van der Waals surface area contributed by atoms with Crippen molar-refractivity contribution < 1.29 is 19.0 Å². The quantitative estimate of drug-likeness (QED) is 0.474. The van der Waals surface area contributed by atoms with Gasteiger partial charge in [-0.2, -0.15) is 0 Å². The van der Waals surface area contributed by atoms with E-state index >= 15 is 0 Å². The molecule has 1 N–H and O–H groups in total. The van der Waals surface area contributed by atoms with Crippen LogP contribution in [0.4, 0.5) is 4.79 Å². The number of nitrogens with one attached hydrogen (secondary N) is 1. The number of hydrogen-bond acceptors (Lipinski definition) is 4. The van der Waals surface area contributed by atoms with E-state index in [-0.39, 0.29) is 12.1 Å². The Hall–Kier alpha value is -1.18. The van der Waals surface area contributed by atoms with Gasteiger partial charge in [0, 0.05) is 6.04 Å². The molecule has 24 heavy (non-hydrogen) atoms. The Morgan fingerprint density at radius 3 is 2.42 bits per heavy atom. The molecule has 1 atom stereocenters. The van der Waals surface area contributed by atoms with Crippen molar-refractivity contribution in [1.82, 2.24) is 5.32 Å². The number of amides is 1. The fraction of sp³-hybridized carbons (Fsp3) is 0.611. The van der Waals surface area contributed by atoms with Crippen LogP contribution in [0.25, 0.3) is 0 Å². The topological polar surface area (TPSA) is 56.8 Å². The SMILES string of the molecule is COc1ccc(CC(CCCI)NC(=O)OC(C)(C)C)cc1OC. The van der Waals surface area contributed by atoms with Crippen molar-refractivity contribution in [3.63, 3.8) is 0 Å². The van der Waals surface area contributed by atoms with E-state index in [1.54, 1.807) is 14.2 Å². The molecule has 0 fully saturated rings. The number of hydrogen-bond donors (Lipinski definition) is 1. The van der Waals surface area contributed by atoms with E-state index in [9.17, 15) is 4.79 Å². The molecular formula is C18H28INO4. The van der Waals surface area contributed by atoms with Gasteiger partial charge in [0.25, 0.3) is 0 Å². The van der Waals surface area contributed by atoms with Gasteiger partial charge in [-0.1, -0.05) is 28.7 Å². The predicted octanol–water partition coefficient (Wildman–Crippen LogP) is 4.35. The highest BCUT2D eigenvalue weighted by Crippen LogP contribution is 2.28. The molecular weight excluding hydrogens is 421 g/mol. The Morgan fingerprint density at radius 2 is 1.88 bits per heavy atom. The van der Waals surface area contributed by atoms with Crippen LogP contribution >= 0.6 is 22.6 Å². The normalized spacial score (nSPS) is 12.4. The predicted molar refractivity (Wildman–Crippen MR) is 105 cm³/mol. The first-order valence-corrected chi connectivity index (χ1v) is 9.58. The van der Waals surface area contributed by atoms with Crippen LogP contribution in [-0.4, -0.2) is 36.4 Å². The first kappa shape index (κ1) is 20.9. The van der Waals surface area contributed by atoms with Crippen LogP contribution in [0.5, 0.6) is 11.5 Å². The third-order valence-corrected chi connectivity index (χ3v) is 4.10. The third-order valence-electron chi connectivity index (χ3n) is 3.34. The van der Waals surface area contributed by atoms with Gasteiger partial charge in [0.15, 0.2) is 11.5 Å². The molecule has 0 saturated heterocycles. The lowest BCUT2D eigenvalue weighted by atomic mass is 10.0. The standard InChI is InChI=1S/C18H28INO4/c1-18(2,3)24-17(21)20-14(7-6-10-19)11-13-8-9-15(22-4)16(12-13)23-5/h8-9,12,14H,6-7,10-11H2,1-5H3,(H,20,21). The van der Waals surface area contributed by atoms with Crippen LogP contribution in [0.1, 0.15) is 39.2 Å². The van der Waals surface area contributed by atoms with Crippen molar-refractivity contribution in [3.05, 3.63) is 23.8 Å². The summed E-state index contributed by atoms with van der Waals surface area (Å²) in [5.74, 6) is 1.39. The van der Waals surface area contributed by atoms with E-state index in [0.29, 0.717) is 11.5 Å². The fourth-order valence-corrected chi connectivity index (χ4v) is 2.76. The van der Waals surface area contributed by atoms with Crippen molar-refractivity contribution >= 4 is 28.7 Å². The van der Waals surface area contributed by atoms with Gasteiger partial charge in [-0.3, -0.25) is 0 Å². The molecule has 1 amide bonds. The second-order valence-corrected chi connectivity index (χ2v) is 7.65. The third kappa shape index (κ3) is 7.59. The minimum Gasteiger partial charge on any atom is -0.493 e. The van der Waals surface area contributed by atoms with Crippen molar-refractivity contribution in [3.8, 4) is 11.5 Å². The summed E-state index contributed by atoms with van der Waals surface area (Å²) < 4.78 is 17.0. The van der Waals surface area contributed by atoms with Crippen molar-refractivity contribution in [2.24, 2.45) is 0 Å². The number of alkyl halides is 1. The zero-order valence-corrected chi connectivity index (χ0v) is 17.3. The minimum atomic E-state index is -0.499. The summed E-state index contributed by atoms with van der Waals surface area (Å²) in [5, 5.41) is 2.99. The highest BCUT2D eigenvalue weighted by Gasteiger charge is 2.20. The Bertz CT molecular complexity index is 528. The average Bonchev–Trinajstić information content (AvgIpc) is 2.50. The van der Waals surface area contributed by atoms with Crippen LogP contribution in [-0.2, 0) is 11.2 Å². The zero-order chi connectivity index (χ0) is 18.2. The molecule has 0 aliphatic rings. The number of carbonyl (C=O) groups excluding carboxylic acids is 1. The Kier molecular flexibility index (Phi) is 8.66.